The van der Waals surface area contributed by atoms with Crippen molar-refractivity contribution in [2.75, 3.05) is 26.4 Å². The van der Waals surface area contributed by atoms with Crippen molar-refractivity contribution >= 4 is 0 Å². The molecule has 5 aliphatic carbocycles. The van der Waals surface area contributed by atoms with E-state index in [1.807, 2.05) is 0 Å². The second kappa shape index (κ2) is 8.84. The molecule has 174 valence electrons. The molecule has 0 saturated heterocycles. The standard InChI is InChI=1S/C24H40O3.C2H6O/c1-15(2)17-11-24-9-6-20-22(3,14-27)7-5-8-23(20,4)21(24)10-16(17)18(12-25)19(24)13-26;1-2-3/h11,15-16,18-21,25-27H,5-10,12-14H2,1-4H3;3H,2H2,1H3/t16-,18+,19+,20-,21+,22-,23-,24+;/m0./s1. The van der Waals surface area contributed by atoms with Crippen molar-refractivity contribution < 1.29 is 20.4 Å². The van der Waals surface area contributed by atoms with Crippen molar-refractivity contribution in [2.45, 2.75) is 73.1 Å². The molecule has 0 unspecified atom stereocenters. The molecule has 4 N–H and O–H groups in total. The van der Waals surface area contributed by atoms with Gasteiger partial charge < -0.3 is 20.4 Å². The molecule has 0 heterocycles. The Kier molecular flexibility index (Phi) is 7.14. The molecule has 2 bridgehead atoms. The van der Waals surface area contributed by atoms with Crippen LogP contribution in [0.3, 0.4) is 0 Å². The van der Waals surface area contributed by atoms with Crippen molar-refractivity contribution in [3.8, 4) is 0 Å². The van der Waals surface area contributed by atoms with Gasteiger partial charge in [0.2, 0.25) is 0 Å². The van der Waals surface area contributed by atoms with E-state index in [2.05, 4.69) is 33.8 Å². The zero-order valence-corrected chi connectivity index (χ0v) is 19.9. The maximum atomic E-state index is 10.4. The summed E-state index contributed by atoms with van der Waals surface area (Å²) in [5.74, 6) is 2.47. The quantitative estimate of drug-likeness (QED) is 0.516. The van der Waals surface area contributed by atoms with Crippen molar-refractivity contribution in [1.29, 1.82) is 0 Å². The summed E-state index contributed by atoms with van der Waals surface area (Å²) in [7, 11) is 0. The number of aliphatic hydroxyl groups is 4. The second-order valence-electron chi connectivity index (χ2n) is 11.5. The molecule has 0 radical (unpaired) electrons. The first-order valence-electron chi connectivity index (χ1n) is 12.3. The highest BCUT2D eigenvalue weighted by atomic mass is 16.3. The van der Waals surface area contributed by atoms with E-state index < -0.39 is 0 Å². The molecule has 30 heavy (non-hydrogen) atoms. The fourth-order valence-electron chi connectivity index (χ4n) is 8.76. The fraction of sp³-hybridized carbons (Fsp3) is 0.923. The van der Waals surface area contributed by atoms with Gasteiger partial charge >= 0.3 is 0 Å². The Hall–Kier alpha value is -0.420. The van der Waals surface area contributed by atoms with E-state index >= 15 is 0 Å². The summed E-state index contributed by atoms with van der Waals surface area (Å²) in [6, 6.07) is 0. The van der Waals surface area contributed by atoms with Gasteiger partial charge in [0, 0.05) is 26.4 Å². The van der Waals surface area contributed by atoms with Crippen LogP contribution in [0.15, 0.2) is 11.6 Å². The van der Waals surface area contributed by atoms with Crippen LogP contribution in [0.1, 0.15) is 73.1 Å². The number of allylic oxidation sites excluding steroid dienone is 2. The summed E-state index contributed by atoms with van der Waals surface area (Å²) in [5, 5.41) is 38.5. The topological polar surface area (TPSA) is 80.9 Å². The highest BCUT2D eigenvalue weighted by molar-refractivity contribution is 5.31. The summed E-state index contributed by atoms with van der Waals surface area (Å²) in [6.07, 6.45) is 9.61. The van der Waals surface area contributed by atoms with E-state index in [0.717, 1.165) is 19.3 Å². The van der Waals surface area contributed by atoms with Crippen molar-refractivity contribution in [2.24, 2.45) is 51.8 Å². The van der Waals surface area contributed by atoms with Crippen LogP contribution in [-0.4, -0.2) is 46.9 Å². The van der Waals surface area contributed by atoms with Crippen LogP contribution in [0.5, 0.6) is 0 Å². The lowest BCUT2D eigenvalue weighted by atomic mass is 9.34. The van der Waals surface area contributed by atoms with E-state index in [1.54, 1.807) is 6.92 Å². The fourth-order valence-corrected chi connectivity index (χ4v) is 8.76. The smallest absolute Gasteiger partial charge is 0.0487 e. The van der Waals surface area contributed by atoms with E-state index in [4.69, 9.17) is 5.11 Å². The molecule has 0 aromatic carbocycles. The van der Waals surface area contributed by atoms with Gasteiger partial charge in [0.15, 0.2) is 0 Å². The van der Waals surface area contributed by atoms with E-state index in [-0.39, 0.29) is 47.9 Å². The maximum Gasteiger partial charge on any atom is 0.0487 e. The Bertz CT molecular complexity index is 631. The molecule has 4 heteroatoms. The number of rotatable bonds is 4. The van der Waals surface area contributed by atoms with Gasteiger partial charge in [0.1, 0.15) is 0 Å². The largest absolute Gasteiger partial charge is 0.397 e. The lowest BCUT2D eigenvalue weighted by molar-refractivity contribution is -0.199. The van der Waals surface area contributed by atoms with Crippen LogP contribution in [-0.2, 0) is 0 Å². The molecule has 3 fully saturated rings. The highest BCUT2D eigenvalue weighted by Crippen LogP contribution is 2.73. The van der Waals surface area contributed by atoms with Gasteiger partial charge in [-0.25, -0.2) is 0 Å². The first kappa shape index (κ1) is 24.2. The van der Waals surface area contributed by atoms with Crippen LogP contribution in [0, 0.1) is 51.8 Å². The van der Waals surface area contributed by atoms with E-state index in [9.17, 15) is 15.3 Å². The molecule has 0 amide bonds. The molecule has 1 spiro atoms. The molecule has 0 aliphatic heterocycles. The highest BCUT2D eigenvalue weighted by Gasteiger charge is 2.67. The Morgan fingerprint density at radius 1 is 1.00 bits per heavy atom. The zero-order chi connectivity index (χ0) is 22.3. The summed E-state index contributed by atoms with van der Waals surface area (Å²) in [4.78, 5) is 0. The van der Waals surface area contributed by atoms with Crippen LogP contribution in [0.25, 0.3) is 0 Å². The van der Waals surface area contributed by atoms with Gasteiger partial charge in [-0.1, -0.05) is 45.8 Å². The number of hydrogen-bond donors (Lipinski definition) is 4. The first-order chi connectivity index (χ1) is 14.2. The number of aliphatic hydroxyl groups excluding tert-OH is 4. The minimum atomic E-state index is 0.0372. The second-order valence-corrected chi connectivity index (χ2v) is 11.5. The summed E-state index contributed by atoms with van der Waals surface area (Å²) >= 11 is 0. The van der Waals surface area contributed by atoms with Crippen molar-refractivity contribution in [3.05, 3.63) is 11.6 Å². The third-order valence-corrected chi connectivity index (χ3v) is 9.92. The number of fused-ring (bicyclic) bond motifs is 2. The van der Waals surface area contributed by atoms with Gasteiger partial charge in [-0.3, -0.25) is 0 Å². The lowest BCUT2D eigenvalue weighted by Gasteiger charge is -2.70. The Morgan fingerprint density at radius 3 is 2.20 bits per heavy atom. The lowest BCUT2D eigenvalue weighted by Crippen LogP contribution is -2.65. The summed E-state index contributed by atoms with van der Waals surface area (Å²) < 4.78 is 0. The van der Waals surface area contributed by atoms with E-state index in [0.29, 0.717) is 30.3 Å². The first-order valence-corrected chi connectivity index (χ1v) is 12.3. The summed E-state index contributed by atoms with van der Waals surface area (Å²) in [6.45, 7) is 12.0. The minimum Gasteiger partial charge on any atom is -0.397 e. The van der Waals surface area contributed by atoms with Gasteiger partial charge in [-0.15, -0.1) is 0 Å². The normalized spacial score (nSPS) is 47.1. The van der Waals surface area contributed by atoms with Crippen molar-refractivity contribution in [3.63, 3.8) is 0 Å². The molecule has 8 atom stereocenters. The Morgan fingerprint density at radius 2 is 1.67 bits per heavy atom. The number of hydrogen-bond acceptors (Lipinski definition) is 4. The predicted molar refractivity (Wildman–Crippen MR) is 121 cm³/mol. The van der Waals surface area contributed by atoms with Crippen molar-refractivity contribution in [1.82, 2.24) is 0 Å². The molecule has 0 aromatic rings. The monoisotopic (exact) mass is 422 g/mol. The molecule has 0 aromatic heterocycles. The predicted octanol–water partition coefficient (Wildman–Crippen LogP) is 4.02. The summed E-state index contributed by atoms with van der Waals surface area (Å²) in [5.41, 5.74) is 1.85. The minimum absolute atomic E-state index is 0.0372. The van der Waals surface area contributed by atoms with Crippen LogP contribution < -0.4 is 0 Å². The average Bonchev–Trinajstić information content (AvgIpc) is 2.72. The molecule has 4 nitrogen and oxygen atoms in total. The van der Waals surface area contributed by atoms with Crippen LogP contribution >= 0.6 is 0 Å². The Balaban J connectivity index is 0.000000806. The molecular weight excluding hydrogens is 376 g/mol. The zero-order valence-electron chi connectivity index (χ0n) is 19.9. The Labute approximate surface area is 183 Å². The third kappa shape index (κ3) is 3.41. The molecule has 5 rings (SSSR count). The molecule has 5 aliphatic rings. The van der Waals surface area contributed by atoms with Crippen LogP contribution in [0.2, 0.25) is 0 Å². The van der Waals surface area contributed by atoms with Gasteiger partial charge in [0.05, 0.1) is 0 Å². The maximum absolute atomic E-state index is 10.4. The van der Waals surface area contributed by atoms with Gasteiger partial charge in [-0.05, 0) is 90.8 Å². The molecular formula is C26H46O4. The van der Waals surface area contributed by atoms with E-state index in [1.165, 1.54) is 24.8 Å². The van der Waals surface area contributed by atoms with Gasteiger partial charge in [-0.2, -0.15) is 0 Å². The average molecular weight is 423 g/mol. The SMILES string of the molecule is CC(C)C1=C[C@@]23CC[C@H]4[C@](C)(CO)CCC[C@]4(C)[C@H]2C[C@@H]1[C@@H](CO)[C@H]3CO.CCO. The molecule has 3 saturated carbocycles. The van der Waals surface area contributed by atoms with Crippen LogP contribution in [0.4, 0.5) is 0 Å². The van der Waals surface area contributed by atoms with Gasteiger partial charge in [0.25, 0.3) is 0 Å². The third-order valence-electron chi connectivity index (χ3n) is 9.92.